The van der Waals surface area contributed by atoms with Crippen LogP contribution in [0.25, 0.3) is 11.3 Å². The third-order valence-electron chi connectivity index (χ3n) is 6.26. The molecule has 0 aliphatic carbocycles. The van der Waals surface area contributed by atoms with E-state index in [0.717, 1.165) is 39.6 Å². The predicted octanol–water partition coefficient (Wildman–Crippen LogP) is 5.82. The number of halogens is 1. The number of benzene rings is 2. The molecular formula is C29H31FN4O3. The summed E-state index contributed by atoms with van der Waals surface area (Å²) in [6.45, 7) is 4.28. The topological polar surface area (TPSA) is 99.3 Å². The Labute approximate surface area is 215 Å². The average molecular weight is 503 g/mol. The Hall–Kier alpha value is -4.33. The van der Waals surface area contributed by atoms with E-state index in [4.69, 9.17) is 4.74 Å². The van der Waals surface area contributed by atoms with Crippen molar-refractivity contribution in [2.45, 2.75) is 39.3 Å². The lowest BCUT2D eigenvalue weighted by atomic mass is 10.0. The van der Waals surface area contributed by atoms with Crippen LogP contribution >= 0.6 is 0 Å². The summed E-state index contributed by atoms with van der Waals surface area (Å²) < 4.78 is 19.0. The number of pyridine rings is 1. The van der Waals surface area contributed by atoms with Crippen molar-refractivity contribution in [1.29, 1.82) is 0 Å². The number of carboxylic acid groups (broad SMARTS) is 1. The predicted molar refractivity (Wildman–Crippen MR) is 144 cm³/mol. The molecule has 1 unspecified atom stereocenters. The van der Waals surface area contributed by atoms with E-state index in [1.54, 1.807) is 26.3 Å². The van der Waals surface area contributed by atoms with Crippen LogP contribution < -0.4 is 15.4 Å². The molecule has 0 saturated carbocycles. The summed E-state index contributed by atoms with van der Waals surface area (Å²) in [7, 11) is 1.62. The highest BCUT2D eigenvalue weighted by atomic mass is 19.1. The Balaban J connectivity index is 1.41. The van der Waals surface area contributed by atoms with E-state index < -0.39 is 12.0 Å². The van der Waals surface area contributed by atoms with Crippen LogP contribution in [0.5, 0.6) is 5.75 Å². The summed E-state index contributed by atoms with van der Waals surface area (Å²) in [6.07, 6.45) is 2.59. The minimum absolute atomic E-state index is 0.295. The molecule has 7 nitrogen and oxygen atoms in total. The zero-order chi connectivity index (χ0) is 26.4. The summed E-state index contributed by atoms with van der Waals surface area (Å²) in [5.41, 5.74) is 5.99. The van der Waals surface area contributed by atoms with Crippen LogP contribution in [0.3, 0.4) is 0 Å². The molecule has 192 valence electrons. The van der Waals surface area contributed by atoms with Gasteiger partial charge in [0.05, 0.1) is 13.7 Å². The number of aliphatic carboxylic acids is 1. The number of carbonyl (C=O) groups is 1. The van der Waals surface area contributed by atoms with Crippen molar-refractivity contribution in [3.8, 4) is 17.0 Å². The van der Waals surface area contributed by atoms with E-state index in [0.29, 0.717) is 30.6 Å². The standard InChI is InChI=1S/C29H31FN4O3/c1-4-20-15-22(30)13-18(2)28(20)34-26(29(35)36)14-19-5-7-21(8-6-19)25-10-9-23(33-25)17-32-27-16-24(37-3)11-12-31-27/h5-13,15-16,26,33-34H,4,14,17H2,1-3H3,(H,31,32)(H,35,36). The molecule has 0 bridgehead atoms. The van der Waals surface area contributed by atoms with Gasteiger partial charge in [-0.3, -0.25) is 0 Å². The van der Waals surface area contributed by atoms with E-state index in [2.05, 4.69) is 20.6 Å². The lowest BCUT2D eigenvalue weighted by Gasteiger charge is -2.20. The molecule has 0 amide bonds. The van der Waals surface area contributed by atoms with E-state index in [-0.39, 0.29) is 5.82 Å². The Morgan fingerprint density at radius 3 is 2.62 bits per heavy atom. The number of aryl methyl sites for hydroxylation is 2. The van der Waals surface area contributed by atoms with Crippen molar-refractivity contribution in [2.75, 3.05) is 17.7 Å². The third-order valence-corrected chi connectivity index (χ3v) is 6.26. The third kappa shape index (κ3) is 6.46. The van der Waals surface area contributed by atoms with Gasteiger partial charge >= 0.3 is 5.97 Å². The molecule has 0 fully saturated rings. The Kier molecular flexibility index (Phi) is 8.08. The molecule has 8 heteroatoms. The number of H-pyrrole nitrogens is 1. The maximum atomic E-state index is 13.8. The number of nitrogens with zero attached hydrogens (tertiary/aromatic N) is 1. The number of hydrogen-bond acceptors (Lipinski definition) is 5. The van der Waals surface area contributed by atoms with Crippen LogP contribution in [0.4, 0.5) is 15.9 Å². The molecule has 0 aliphatic rings. The van der Waals surface area contributed by atoms with Gasteiger partial charge in [-0.2, -0.15) is 0 Å². The molecule has 4 aromatic rings. The van der Waals surface area contributed by atoms with Crippen LogP contribution in [0.1, 0.15) is 29.3 Å². The number of carboxylic acids is 1. The van der Waals surface area contributed by atoms with Crippen molar-refractivity contribution >= 4 is 17.5 Å². The number of nitrogens with one attached hydrogen (secondary N) is 3. The van der Waals surface area contributed by atoms with Gasteiger partial charge in [-0.1, -0.05) is 31.2 Å². The van der Waals surface area contributed by atoms with Crippen molar-refractivity contribution in [2.24, 2.45) is 0 Å². The number of ether oxygens (including phenoxy) is 1. The summed E-state index contributed by atoms with van der Waals surface area (Å²) in [4.78, 5) is 19.7. The van der Waals surface area contributed by atoms with Crippen LogP contribution in [0, 0.1) is 12.7 Å². The van der Waals surface area contributed by atoms with Gasteiger partial charge in [-0.05, 0) is 65.9 Å². The molecule has 0 saturated heterocycles. The van der Waals surface area contributed by atoms with Gasteiger partial charge in [0.15, 0.2) is 0 Å². The first-order chi connectivity index (χ1) is 17.9. The summed E-state index contributed by atoms with van der Waals surface area (Å²) >= 11 is 0. The van der Waals surface area contributed by atoms with Crippen LogP contribution in [0.15, 0.2) is 66.9 Å². The van der Waals surface area contributed by atoms with Gasteiger partial charge in [0.1, 0.15) is 23.4 Å². The summed E-state index contributed by atoms with van der Waals surface area (Å²) in [5.74, 6) is 0.191. The molecule has 37 heavy (non-hydrogen) atoms. The van der Waals surface area contributed by atoms with Gasteiger partial charge in [0.25, 0.3) is 0 Å². The maximum absolute atomic E-state index is 13.8. The lowest BCUT2D eigenvalue weighted by molar-refractivity contribution is -0.137. The number of hydrogen-bond donors (Lipinski definition) is 4. The number of anilines is 2. The number of aromatic nitrogens is 2. The van der Waals surface area contributed by atoms with Gasteiger partial charge in [0.2, 0.25) is 0 Å². The highest BCUT2D eigenvalue weighted by molar-refractivity contribution is 5.79. The Morgan fingerprint density at radius 2 is 1.92 bits per heavy atom. The second-order valence-electron chi connectivity index (χ2n) is 8.88. The first kappa shape index (κ1) is 25.8. The van der Waals surface area contributed by atoms with Gasteiger partial charge in [-0.25, -0.2) is 14.2 Å². The zero-order valence-electron chi connectivity index (χ0n) is 21.1. The number of rotatable bonds is 11. The van der Waals surface area contributed by atoms with Crippen LogP contribution in [-0.4, -0.2) is 34.2 Å². The minimum atomic E-state index is -0.957. The Morgan fingerprint density at radius 1 is 1.14 bits per heavy atom. The highest BCUT2D eigenvalue weighted by Crippen LogP contribution is 2.25. The summed E-state index contributed by atoms with van der Waals surface area (Å²) in [6, 6.07) is 17.5. The monoisotopic (exact) mass is 502 g/mol. The molecule has 2 heterocycles. The molecule has 2 aromatic heterocycles. The highest BCUT2D eigenvalue weighted by Gasteiger charge is 2.20. The van der Waals surface area contributed by atoms with E-state index in [1.807, 2.05) is 49.4 Å². The average Bonchev–Trinajstić information content (AvgIpc) is 3.37. The molecule has 0 radical (unpaired) electrons. The van der Waals surface area contributed by atoms with Crippen molar-refractivity contribution in [1.82, 2.24) is 9.97 Å². The molecule has 1 atom stereocenters. The van der Waals surface area contributed by atoms with Crippen LogP contribution in [0.2, 0.25) is 0 Å². The van der Waals surface area contributed by atoms with Gasteiger partial charge in [-0.15, -0.1) is 0 Å². The first-order valence-electron chi connectivity index (χ1n) is 12.2. The number of aromatic amines is 1. The summed E-state index contributed by atoms with van der Waals surface area (Å²) in [5, 5.41) is 16.2. The molecule has 0 spiro atoms. The first-order valence-corrected chi connectivity index (χ1v) is 12.2. The second kappa shape index (κ2) is 11.6. The van der Waals surface area contributed by atoms with Crippen molar-refractivity contribution in [3.63, 3.8) is 0 Å². The minimum Gasteiger partial charge on any atom is -0.497 e. The normalized spacial score (nSPS) is 11.7. The van der Waals surface area contributed by atoms with Crippen molar-refractivity contribution in [3.05, 3.63) is 95.1 Å². The Bertz CT molecular complexity index is 1370. The smallest absolute Gasteiger partial charge is 0.326 e. The largest absolute Gasteiger partial charge is 0.497 e. The quantitative estimate of drug-likeness (QED) is 0.206. The SMILES string of the molecule is CCc1cc(F)cc(C)c1NC(Cc1ccc(-c2ccc(CNc3cc(OC)ccn3)[nH]2)cc1)C(=O)O. The maximum Gasteiger partial charge on any atom is 0.326 e. The molecule has 4 N–H and O–H groups in total. The fraction of sp³-hybridized carbons (Fsp3) is 0.241. The van der Waals surface area contributed by atoms with Crippen molar-refractivity contribution < 1.29 is 19.0 Å². The van der Waals surface area contributed by atoms with Crippen LogP contribution in [-0.2, 0) is 24.2 Å². The zero-order valence-corrected chi connectivity index (χ0v) is 21.1. The molecule has 0 aliphatic heterocycles. The fourth-order valence-electron chi connectivity index (χ4n) is 4.26. The molecular weight excluding hydrogens is 471 g/mol. The second-order valence-corrected chi connectivity index (χ2v) is 8.88. The van der Waals surface area contributed by atoms with E-state index in [9.17, 15) is 14.3 Å². The molecule has 2 aromatic carbocycles. The molecule has 4 rings (SSSR count). The van der Waals surface area contributed by atoms with E-state index in [1.165, 1.54) is 12.1 Å². The fourth-order valence-corrected chi connectivity index (χ4v) is 4.26. The van der Waals surface area contributed by atoms with E-state index >= 15 is 0 Å². The lowest BCUT2D eigenvalue weighted by Crippen LogP contribution is -2.32. The van der Waals surface area contributed by atoms with Gasteiger partial charge in [0, 0.05) is 35.8 Å². The van der Waals surface area contributed by atoms with Gasteiger partial charge < -0.3 is 25.5 Å². The number of methoxy groups -OCH3 is 1.